The number of aryl methyl sites for hydroxylation is 1. The van der Waals surface area contributed by atoms with Crippen molar-refractivity contribution in [1.82, 2.24) is 19.6 Å². The van der Waals surface area contributed by atoms with E-state index in [1.54, 1.807) is 34.7 Å². The van der Waals surface area contributed by atoms with Gasteiger partial charge in [-0.05, 0) is 24.6 Å². The van der Waals surface area contributed by atoms with Crippen molar-refractivity contribution in [3.05, 3.63) is 76.6 Å². The maximum absolute atomic E-state index is 12.8. The summed E-state index contributed by atoms with van der Waals surface area (Å²) in [6.45, 7) is 5.53. The van der Waals surface area contributed by atoms with Crippen LogP contribution in [-0.4, -0.2) is 63.7 Å². The Bertz CT molecular complexity index is 1170. The van der Waals surface area contributed by atoms with E-state index < -0.39 is 12.1 Å². The van der Waals surface area contributed by atoms with Gasteiger partial charge in [0.2, 0.25) is 5.43 Å². The van der Waals surface area contributed by atoms with E-state index in [0.29, 0.717) is 24.0 Å². The first-order valence-electron chi connectivity index (χ1n) is 11.2. The summed E-state index contributed by atoms with van der Waals surface area (Å²) >= 11 is 0. The van der Waals surface area contributed by atoms with Crippen LogP contribution in [-0.2, 0) is 27.4 Å². The molecule has 0 radical (unpaired) electrons. The molecular weight excluding hydrogens is 420 g/mol. The Morgan fingerprint density at radius 1 is 1.00 bits per heavy atom. The number of carbonyl (C=O) groups is 2. The summed E-state index contributed by atoms with van der Waals surface area (Å²) in [4.78, 5) is 41.1. The number of aromatic nitrogens is 2. The van der Waals surface area contributed by atoms with Gasteiger partial charge in [0.15, 0.2) is 6.10 Å². The highest BCUT2D eigenvalue weighted by molar-refractivity contribution is 5.83. The quantitative estimate of drug-likeness (QED) is 0.515. The Labute approximate surface area is 192 Å². The first kappa shape index (κ1) is 22.7. The fourth-order valence-corrected chi connectivity index (χ4v) is 4.07. The zero-order chi connectivity index (χ0) is 23.2. The lowest BCUT2D eigenvalue weighted by atomic mass is 10.2. The van der Waals surface area contributed by atoms with Gasteiger partial charge in [-0.2, -0.15) is 5.10 Å². The normalized spacial score (nSPS) is 15.4. The molecule has 4 rings (SSSR count). The number of nitrogens with zero attached hydrogens (tertiary/aromatic N) is 4. The molecule has 1 aromatic heterocycles. The molecule has 0 saturated carbocycles. The lowest BCUT2D eigenvalue weighted by Crippen LogP contribution is -2.51. The van der Waals surface area contributed by atoms with E-state index in [1.807, 2.05) is 24.3 Å². The van der Waals surface area contributed by atoms with Crippen LogP contribution in [0.3, 0.4) is 0 Å². The third-order valence-corrected chi connectivity index (χ3v) is 5.88. The molecule has 1 amide bonds. The molecule has 2 heterocycles. The van der Waals surface area contributed by atoms with Crippen LogP contribution in [0.25, 0.3) is 10.9 Å². The van der Waals surface area contributed by atoms with Crippen LogP contribution in [0.15, 0.2) is 65.6 Å². The smallest absolute Gasteiger partial charge is 0.308 e. The van der Waals surface area contributed by atoms with Gasteiger partial charge in [0.1, 0.15) is 0 Å². The summed E-state index contributed by atoms with van der Waals surface area (Å²) < 4.78 is 7.01. The molecule has 8 nitrogen and oxygen atoms in total. The van der Waals surface area contributed by atoms with Crippen LogP contribution in [0.5, 0.6) is 0 Å². The van der Waals surface area contributed by atoms with Crippen molar-refractivity contribution in [3.63, 3.8) is 0 Å². The largest absolute Gasteiger partial charge is 0.452 e. The van der Waals surface area contributed by atoms with E-state index in [-0.39, 0.29) is 24.3 Å². The molecule has 1 saturated heterocycles. The number of piperazine rings is 1. The summed E-state index contributed by atoms with van der Waals surface area (Å²) in [7, 11) is 0. The van der Waals surface area contributed by atoms with Crippen LogP contribution in [0.4, 0.5) is 0 Å². The van der Waals surface area contributed by atoms with Crippen molar-refractivity contribution in [2.45, 2.75) is 32.5 Å². The van der Waals surface area contributed by atoms with Crippen LogP contribution >= 0.6 is 0 Å². The number of benzene rings is 2. The molecule has 172 valence electrons. The summed E-state index contributed by atoms with van der Waals surface area (Å²) in [6, 6.07) is 17.4. The molecule has 0 bridgehead atoms. The molecular formula is C25H28N4O4. The molecule has 1 aliphatic heterocycles. The number of para-hydroxylation sites is 1. The second-order valence-corrected chi connectivity index (χ2v) is 8.22. The molecule has 0 spiro atoms. The van der Waals surface area contributed by atoms with Crippen molar-refractivity contribution in [3.8, 4) is 0 Å². The highest BCUT2D eigenvalue weighted by atomic mass is 16.5. The maximum Gasteiger partial charge on any atom is 0.308 e. The predicted molar refractivity (Wildman–Crippen MR) is 124 cm³/mol. The highest BCUT2D eigenvalue weighted by Crippen LogP contribution is 2.12. The molecule has 8 heteroatoms. The van der Waals surface area contributed by atoms with E-state index in [4.69, 9.17) is 4.74 Å². The van der Waals surface area contributed by atoms with E-state index in [2.05, 4.69) is 22.1 Å². The fraction of sp³-hybridized carbons (Fsp3) is 0.360. The molecule has 33 heavy (non-hydrogen) atoms. The first-order chi connectivity index (χ1) is 16.0. The summed E-state index contributed by atoms with van der Waals surface area (Å²) in [5.74, 6) is -0.641. The summed E-state index contributed by atoms with van der Waals surface area (Å²) in [6.07, 6.45) is 0.469. The Balaban J connectivity index is 1.25. The minimum Gasteiger partial charge on any atom is -0.452 e. The number of hydrogen-bond donors (Lipinski definition) is 0. The molecule has 3 aromatic rings. The Hall–Kier alpha value is -3.52. The van der Waals surface area contributed by atoms with Gasteiger partial charge in [-0.15, -0.1) is 0 Å². The highest BCUT2D eigenvalue weighted by Gasteiger charge is 2.27. The number of carbonyl (C=O) groups excluding carboxylic acids is 2. The number of hydrogen-bond acceptors (Lipinski definition) is 6. The Morgan fingerprint density at radius 3 is 2.45 bits per heavy atom. The lowest BCUT2D eigenvalue weighted by Gasteiger charge is -2.35. The standard InChI is InChI=1S/C25H28N4O4/c1-19(25(32)28-15-13-27(14-16-28)18-20-7-3-2-4-8-20)33-24(31)11-12-29-22-10-6-5-9-21(22)23(30)17-26-29/h2-10,17,19H,11-16,18H2,1H3. The van der Waals surface area contributed by atoms with Crippen LogP contribution in [0.2, 0.25) is 0 Å². The number of amides is 1. The van der Waals surface area contributed by atoms with Gasteiger partial charge in [0, 0.05) is 38.1 Å². The van der Waals surface area contributed by atoms with Crippen LogP contribution in [0, 0.1) is 0 Å². The zero-order valence-electron chi connectivity index (χ0n) is 18.7. The number of fused-ring (bicyclic) bond motifs is 1. The van der Waals surface area contributed by atoms with Crippen molar-refractivity contribution in [2.24, 2.45) is 0 Å². The van der Waals surface area contributed by atoms with Gasteiger partial charge in [-0.3, -0.25) is 24.0 Å². The molecule has 0 aliphatic carbocycles. The van der Waals surface area contributed by atoms with Gasteiger partial charge in [0.05, 0.1) is 24.7 Å². The third kappa shape index (κ3) is 5.64. The van der Waals surface area contributed by atoms with E-state index in [1.165, 1.54) is 11.8 Å². The van der Waals surface area contributed by atoms with Crippen LogP contribution < -0.4 is 5.43 Å². The lowest BCUT2D eigenvalue weighted by molar-refractivity contribution is -0.160. The number of ether oxygens (including phenoxy) is 1. The minimum atomic E-state index is -0.836. The van der Waals surface area contributed by atoms with Crippen LogP contribution in [0.1, 0.15) is 18.9 Å². The van der Waals surface area contributed by atoms with Gasteiger partial charge in [-0.1, -0.05) is 42.5 Å². The molecule has 0 N–H and O–H groups in total. The second-order valence-electron chi connectivity index (χ2n) is 8.22. The van der Waals surface area contributed by atoms with Gasteiger partial charge in [0.25, 0.3) is 5.91 Å². The average Bonchev–Trinajstić information content (AvgIpc) is 2.84. The molecule has 2 aromatic carbocycles. The second kappa shape index (κ2) is 10.4. The van der Waals surface area contributed by atoms with Crippen molar-refractivity contribution >= 4 is 22.8 Å². The minimum absolute atomic E-state index is 0.0579. The summed E-state index contributed by atoms with van der Waals surface area (Å²) in [5, 5.41) is 4.67. The SMILES string of the molecule is CC(OC(=O)CCn1ncc(=O)c2ccccc21)C(=O)N1CCN(Cc2ccccc2)CC1. The molecule has 1 atom stereocenters. The average molecular weight is 449 g/mol. The molecule has 1 fully saturated rings. The fourth-order valence-electron chi connectivity index (χ4n) is 4.07. The molecule has 1 aliphatic rings. The predicted octanol–water partition coefficient (Wildman–Crippen LogP) is 2.06. The number of esters is 1. The van der Waals surface area contributed by atoms with E-state index >= 15 is 0 Å². The Morgan fingerprint density at radius 2 is 1.70 bits per heavy atom. The number of rotatable bonds is 7. The first-order valence-corrected chi connectivity index (χ1v) is 11.2. The van der Waals surface area contributed by atoms with Crippen molar-refractivity contribution < 1.29 is 14.3 Å². The van der Waals surface area contributed by atoms with Gasteiger partial charge >= 0.3 is 5.97 Å². The van der Waals surface area contributed by atoms with E-state index in [9.17, 15) is 14.4 Å². The van der Waals surface area contributed by atoms with E-state index in [0.717, 1.165) is 19.6 Å². The monoisotopic (exact) mass is 448 g/mol. The topological polar surface area (TPSA) is 84.7 Å². The van der Waals surface area contributed by atoms with Crippen molar-refractivity contribution in [1.29, 1.82) is 0 Å². The maximum atomic E-state index is 12.8. The van der Waals surface area contributed by atoms with Gasteiger partial charge < -0.3 is 9.64 Å². The molecule has 1 unspecified atom stereocenters. The zero-order valence-corrected chi connectivity index (χ0v) is 18.7. The third-order valence-electron chi connectivity index (χ3n) is 5.88. The summed E-state index contributed by atoms with van der Waals surface area (Å²) in [5.41, 5.74) is 1.76. The Kier molecular flexibility index (Phi) is 7.14. The van der Waals surface area contributed by atoms with Gasteiger partial charge in [-0.25, -0.2) is 0 Å². The van der Waals surface area contributed by atoms with Crippen molar-refractivity contribution in [2.75, 3.05) is 26.2 Å².